The Morgan fingerprint density at radius 1 is 1.39 bits per heavy atom. The predicted molar refractivity (Wildman–Crippen MR) is 91.3 cm³/mol. The van der Waals surface area contributed by atoms with E-state index in [9.17, 15) is 4.79 Å². The average Bonchev–Trinajstić information content (AvgIpc) is 3.07. The molecule has 2 heterocycles. The molecule has 0 atom stereocenters. The van der Waals surface area contributed by atoms with Crippen LogP contribution in [0.5, 0.6) is 0 Å². The molecule has 0 radical (unpaired) electrons. The molecule has 1 aliphatic heterocycles. The van der Waals surface area contributed by atoms with Crippen molar-refractivity contribution >= 4 is 11.7 Å². The van der Waals surface area contributed by atoms with E-state index in [2.05, 4.69) is 10.3 Å². The van der Waals surface area contributed by atoms with Gasteiger partial charge in [-0.05, 0) is 44.5 Å². The fourth-order valence-corrected chi connectivity index (χ4v) is 2.91. The maximum absolute atomic E-state index is 12.6. The van der Waals surface area contributed by atoms with Crippen LogP contribution in [-0.2, 0) is 0 Å². The van der Waals surface area contributed by atoms with Gasteiger partial charge in [-0.2, -0.15) is 0 Å². The first-order valence-electron chi connectivity index (χ1n) is 7.94. The van der Waals surface area contributed by atoms with Crippen LogP contribution in [0.25, 0.3) is 11.3 Å². The Bertz CT molecular complexity index is 703. The van der Waals surface area contributed by atoms with E-state index < -0.39 is 0 Å². The van der Waals surface area contributed by atoms with E-state index >= 15 is 0 Å². The number of aromatic nitrogens is 2. The van der Waals surface area contributed by atoms with Gasteiger partial charge in [0.05, 0.1) is 5.69 Å². The SMILES string of the molecule is Cc1ccc(-c2cn(C(=O)N(C)C3CCNCC3)cn2)cc1N. The van der Waals surface area contributed by atoms with Crippen LogP contribution in [0.1, 0.15) is 18.4 Å². The Morgan fingerprint density at radius 3 is 2.83 bits per heavy atom. The van der Waals surface area contributed by atoms with Crippen LogP contribution in [0.4, 0.5) is 10.5 Å². The normalized spacial score (nSPS) is 15.6. The molecule has 3 N–H and O–H groups in total. The van der Waals surface area contributed by atoms with Gasteiger partial charge >= 0.3 is 6.03 Å². The first-order chi connectivity index (χ1) is 11.1. The van der Waals surface area contributed by atoms with Gasteiger partial charge in [0.1, 0.15) is 6.33 Å². The number of benzene rings is 1. The second kappa shape index (κ2) is 6.42. The van der Waals surface area contributed by atoms with Crippen LogP contribution in [0.2, 0.25) is 0 Å². The molecule has 6 nitrogen and oxygen atoms in total. The summed E-state index contributed by atoms with van der Waals surface area (Å²) in [6.07, 6.45) is 5.31. The van der Waals surface area contributed by atoms with Gasteiger partial charge in [0.15, 0.2) is 0 Å². The molecular weight excluding hydrogens is 290 g/mol. The molecule has 1 aromatic carbocycles. The van der Waals surface area contributed by atoms with Gasteiger partial charge < -0.3 is 16.0 Å². The molecule has 1 fully saturated rings. The predicted octanol–water partition coefficient (Wildman–Crippen LogP) is 2.09. The number of carbonyl (C=O) groups excluding carboxylic acids is 1. The number of nitrogens with one attached hydrogen (secondary N) is 1. The zero-order valence-electron chi connectivity index (χ0n) is 13.6. The smallest absolute Gasteiger partial charge is 0.329 e. The first kappa shape index (κ1) is 15.6. The first-order valence-corrected chi connectivity index (χ1v) is 7.94. The molecule has 0 aliphatic carbocycles. The van der Waals surface area contributed by atoms with Crippen molar-refractivity contribution in [1.82, 2.24) is 19.8 Å². The van der Waals surface area contributed by atoms with Crippen molar-refractivity contribution in [2.24, 2.45) is 0 Å². The molecule has 1 aliphatic rings. The van der Waals surface area contributed by atoms with E-state index in [0.717, 1.165) is 48.4 Å². The van der Waals surface area contributed by atoms with E-state index in [4.69, 9.17) is 5.73 Å². The summed E-state index contributed by atoms with van der Waals surface area (Å²) in [6, 6.07) is 6.06. The molecule has 0 unspecified atom stereocenters. The summed E-state index contributed by atoms with van der Waals surface area (Å²) in [5, 5.41) is 3.31. The maximum atomic E-state index is 12.6. The van der Waals surface area contributed by atoms with Gasteiger partial charge in [-0.3, -0.25) is 4.57 Å². The molecule has 0 spiro atoms. The lowest BCUT2D eigenvalue weighted by atomic mass is 10.1. The topological polar surface area (TPSA) is 76.2 Å². The molecule has 1 amide bonds. The van der Waals surface area contributed by atoms with Gasteiger partial charge in [-0.25, -0.2) is 9.78 Å². The molecule has 1 saturated heterocycles. The largest absolute Gasteiger partial charge is 0.398 e. The minimum Gasteiger partial charge on any atom is -0.398 e. The highest BCUT2D eigenvalue weighted by Gasteiger charge is 2.23. The zero-order valence-corrected chi connectivity index (χ0v) is 13.6. The highest BCUT2D eigenvalue weighted by molar-refractivity contribution is 5.78. The van der Waals surface area contributed by atoms with Crippen LogP contribution in [0, 0.1) is 6.92 Å². The van der Waals surface area contributed by atoms with E-state index in [1.54, 1.807) is 17.1 Å². The lowest BCUT2D eigenvalue weighted by molar-refractivity contribution is 0.178. The number of imidazole rings is 1. The molecule has 23 heavy (non-hydrogen) atoms. The standard InChI is InChI=1S/C17H23N5O/c1-12-3-4-13(9-15(12)18)16-10-22(11-20-16)17(23)21(2)14-5-7-19-8-6-14/h3-4,9-11,14,19H,5-8,18H2,1-2H3. The summed E-state index contributed by atoms with van der Waals surface area (Å²) >= 11 is 0. The van der Waals surface area contributed by atoms with Crippen LogP contribution in [0.15, 0.2) is 30.7 Å². The second-order valence-electron chi connectivity index (χ2n) is 6.11. The number of nitrogens with zero attached hydrogens (tertiary/aromatic N) is 3. The number of rotatable bonds is 2. The van der Waals surface area contributed by atoms with Crippen molar-refractivity contribution in [1.29, 1.82) is 0 Å². The van der Waals surface area contributed by atoms with Gasteiger partial charge in [-0.15, -0.1) is 0 Å². The van der Waals surface area contributed by atoms with Crippen LogP contribution in [-0.4, -0.2) is 46.7 Å². The lowest BCUT2D eigenvalue weighted by Gasteiger charge is -2.31. The quantitative estimate of drug-likeness (QED) is 0.833. The van der Waals surface area contributed by atoms with E-state index in [1.807, 2.05) is 37.1 Å². The number of anilines is 1. The maximum Gasteiger partial charge on any atom is 0.329 e. The third-order valence-corrected chi connectivity index (χ3v) is 4.54. The van der Waals surface area contributed by atoms with Crippen molar-refractivity contribution in [3.63, 3.8) is 0 Å². The van der Waals surface area contributed by atoms with Crippen molar-refractivity contribution < 1.29 is 4.79 Å². The number of amides is 1. The molecule has 2 aromatic rings. The van der Waals surface area contributed by atoms with Gasteiger partial charge in [0.2, 0.25) is 0 Å². The Kier molecular flexibility index (Phi) is 4.34. The summed E-state index contributed by atoms with van der Waals surface area (Å²) in [5.41, 5.74) is 9.40. The molecule has 6 heteroatoms. The highest BCUT2D eigenvalue weighted by Crippen LogP contribution is 2.22. The number of hydrogen-bond acceptors (Lipinski definition) is 4. The number of aryl methyl sites for hydroxylation is 1. The molecule has 0 bridgehead atoms. The monoisotopic (exact) mass is 313 g/mol. The third kappa shape index (κ3) is 3.22. The van der Waals surface area contributed by atoms with Crippen LogP contribution >= 0.6 is 0 Å². The number of nitrogen functional groups attached to an aromatic ring is 1. The van der Waals surface area contributed by atoms with Crippen molar-refractivity contribution in [3.8, 4) is 11.3 Å². The number of piperidine rings is 1. The Balaban J connectivity index is 1.77. The molecule has 1 aromatic heterocycles. The van der Waals surface area contributed by atoms with Gasteiger partial charge in [0, 0.05) is 30.5 Å². The Labute approximate surface area is 136 Å². The number of nitrogens with two attached hydrogens (primary N) is 1. The Morgan fingerprint density at radius 2 is 2.13 bits per heavy atom. The van der Waals surface area contributed by atoms with Crippen LogP contribution in [0.3, 0.4) is 0 Å². The fourth-order valence-electron chi connectivity index (χ4n) is 2.91. The van der Waals surface area contributed by atoms with Crippen molar-refractivity contribution in [2.75, 3.05) is 25.9 Å². The van der Waals surface area contributed by atoms with E-state index in [-0.39, 0.29) is 12.1 Å². The zero-order chi connectivity index (χ0) is 16.4. The van der Waals surface area contributed by atoms with Crippen molar-refractivity contribution in [3.05, 3.63) is 36.3 Å². The van der Waals surface area contributed by atoms with Crippen molar-refractivity contribution in [2.45, 2.75) is 25.8 Å². The summed E-state index contributed by atoms with van der Waals surface area (Å²) in [4.78, 5) is 18.8. The van der Waals surface area contributed by atoms with E-state index in [1.165, 1.54) is 0 Å². The average molecular weight is 313 g/mol. The lowest BCUT2D eigenvalue weighted by Crippen LogP contribution is -2.45. The second-order valence-corrected chi connectivity index (χ2v) is 6.11. The summed E-state index contributed by atoms with van der Waals surface area (Å²) in [6.45, 7) is 3.88. The summed E-state index contributed by atoms with van der Waals surface area (Å²) < 4.78 is 1.55. The van der Waals surface area contributed by atoms with Crippen LogP contribution < -0.4 is 11.1 Å². The third-order valence-electron chi connectivity index (χ3n) is 4.54. The summed E-state index contributed by atoms with van der Waals surface area (Å²) in [7, 11) is 1.86. The molecule has 0 saturated carbocycles. The fraction of sp³-hybridized carbons (Fsp3) is 0.412. The number of carbonyl (C=O) groups is 1. The minimum atomic E-state index is -0.0456. The molecule has 3 rings (SSSR count). The van der Waals surface area contributed by atoms with E-state index in [0.29, 0.717) is 0 Å². The minimum absolute atomic E-state index is 0.0456. The summed E-state index contributed by atoms with van der Waals surface area (Å²) in [5.74, 6) is 0. The molecule has 122 valence electrons. The Hall–Kier alpha value is -2.34. The number of hydrogen-bond donors (Lipinski definition) is 2. The van der Waals surface area contributed by atoms with Gasteiger partial charge in [-0.1, -0.05) is 12.1 Å². The highest BCUT2D eigenvalue weighted by atomic mass is 16.2. The van der Waals surface area contributed by atoms with Gasteiger partial charge in [0.25, 0.3) is 0 Å². The molecular formula is C17H23N5O.